The first kappa shape index (κ1) is 17.6. The smallest absolute Gasteiger partial charge is 0.328 e. The molecule has 0 atom stereocenters. The molecular weight excluding hydrogens is 340 g/mol. The first-order chi connectivity index (χ1) is 12.9. The highest BCUT2D eigenvalue weighted by molar-refractivity contribution is 6.14. The molecule has 0 spiro atoms. The van der Waals surface area contributed by atoms with Crippen LogP contribution in [0.5, 0.6) is 0 Å². The second-order valence-corrected chi connectivity index (χ2v) is 7.76. The normalized spacial score (nSPS) is 14.6. The summed E-state index contributed by atoms with van der Waals surface area (Å²) in [6.45, 7) is 5.77. The van der Waals surface area contributed by atoms with Crippen LogP contribution < -0.4 is 0 Å². The molecule has 3 heterocycles. The van der Waals surface area contributed by atoms with E-state index in [9.17, 15) is 9.59 Å². The van der Waals surface area contributed by atoms with Gasteiger partial charge in [-0.1, -0.05) is 18.2 Å². The van der Waals surface area contributed by atoms with E-state index in [1.165, 1.54) is 4.90 Å². The van der Waals surface area contributed by atoms with Gasteiger partial charge in [0.2, 0.25) is 0 Å². The van der Waals surface area contributed by atoms with Gasteiger partial charge in [-0.2, -0.15) is 0 Å². The standard InChI is InChI=1S/C21H26N4O2/c1-14(2)24-16-10-6-5-9-15(16)19-17(24)13-18(25(19)21(27)22(3)4)20(26)23-11-7-8-12-23/h5-6,9-10,13-14H,7-8,11-12H2,1-4H3. The second kappa shape index (κ2) is 6.44. The number of carbonyl (C=O) groups is 2. The molecule has 4 rings (SSSR count). The highest BCUT2D eigenvalue weighted by atomic mass is 16.2. The Balaban J connectivity index is 2.06. The molecule has 142 valence electrons. The Kier molecular flexibility index (Phi) is 4.21. The van der Waals surface area contributed by atoms with E-state index in [0.29, 0.717) is 5.69 Å². The Labute approximate surface area is 158 Å². The highest BCUT2D eigenvalue weighted by Gasteiger charge is 2.30. The maximum Gasteiger partial charge on any atom is 0.328 e. The summed E-state index contributed by atoms with van der Waals surface area (Å²) >= 11 is 0. The van der Waals surface area contributed by atoms with Crippen LogP contribution in [-0.4, -0.2) is 58.1 Å². The molecule has 0 aliphatic carbocycles. The number of benzene rings is 1. The molecule has 0 radical (unpaired) electrons. The maximum atomic E-state index is 13.2. The van der Waals surface area contributed by atoms with Crippen LogP contribution in [-0.2, 0) is 0 Å². The van der Waals surface area contributed by atoms with Gasteiger partial charge >= 0.3 is 6.03 Å². The van der Waals surface area contributed by atoms with Crippen molar-refractivity contribution in [2.75, 3.05) is 27.2 Å². The Morgan fingerprint density at radius 3 is 2.33 bits per heavy atom. The average Bonchev–Trinajstić information content (AvgIpc) is 3.34. The zero-order valence-corrected chi connectivity index (χ0v) is 16.4. The van der Waals surface area contributed by atoms with Gasteiger partial charge < -0.3 is 14.4 Å². The number of aromatic nitrogens is 2. The number of para-hydroxylation sites is 1. The topological polar surface area (TPSA) is 50.5 Å². The molecule has 0 N–H and O–H groups in total. The summed E-state index contributed by atoms with van der Waals surface area (Å²) in [6.07, 6.45) is 2.05. The Morgan fingerprint density at radius 1 is 1.04 bits per heavy atom. The van der Waals surface area contributed by atoms with E-state index in [1.54, 1.807) is 18.7 Å². The van der Waals surface area contributed by atoms with Gasteiger partial charge in [0.05, 0.1) is 16.6 Å². The van der Waals surface area contributed by atoms with Gasteiger partial charge in [-0.3, -0.25) is 9.36 Å². The summed E-state index contributed by atoms with van der Waals surface area (Å²) in [4.78, 5) is 29.7. The number of amides is 2. The number of likely N-dealkylation sites (tertiary alicyclic amines) is 1. The van der Waals surface area contributed by atoms with Crippen LogP contribution in [0, 0.1) is 0 Å². The molecule has 0 bridgehead atoms. The fraction of sp³-hybridized carbons (Fsp3) is 0.429. The lowest BCUT2D eigenvalue weighted by Crippen LogP contribution is -2.34. The minimum Gasteiger partial charge on any atom is -0.337 e. The maximum absolute atomic E-state index is 13.2. The molecule has 1 fully saturated rings. The van der Waals surface area contributed by atoms with Gasteiger partial charge in [0.15, 0.2) is 0 Å². The second-order valence-electron chi connectivity index (χ2n) is 7.76. The molecule has 1 aliphatic heterocycles. The molecule has 2 aromatic heterocycles. The van der Waals surface area contributed by atoms with Crippen molar-refractivity contribution in [3.63, 3.8) is 0 Å². The summed E-state index contributed by atoms with van der Waals surface area (Å²) in [5.74, 6) is -0.0571. The largest absolute Gasteiger partial charge is 0.337 e. The van der Waals surface area contributed by atoms with Crippen molar-refractivity contribution >= 4 is 33.9 Å². The number of carbonyl (C=O) groups excluding carboxylic acids is 2. The number of nitrogens with zero attached hydrogens (tertiary/aromatic N) is 4. The van der Waals surface area contributed by atoms with Crippen LogP contribution in [0.25, 0.3) is 21.9 Å². The van der Waals surface area contributed by atoms with E-state index in [1.807, 2.05) is 29.2 Å². The molecule has 6 heteroatoms. The number of fused-ring (bicyclic) bond motifs is 3. The minimum absolute atomic E-state index is 0.0571. The van der Waals surface area contributed by atoms with Crippen LogP contribution in [0.1, 0.15) is 43.2 Å². The Morgan fingerprint density at radius 2 is 1.70 bits per heavy atom. The van der Waals surface area contributed by atoms with Crippen molar-refractivity contribution in [1.29, 1.82) is 0 Å². The third kappa shape index (κ3) is 2.62. The third-order valence-corrected chi connectivity index (χ3v) is 5.36. The van der Waals surface area contributed by atoms with Gasteiger partial charge in [0.1, 0.15) is 5.69 Å². The third-order valence-electron chi connectivity index (χ3n) is 5.36. The van der Waals surface area contributed by atoms with Crippen LogP contribution in [0.3, 0.4) is 0 Å². The summed E-state index contributed by atoms with van der Waals surface area (Å²) in [7, 11) is 3.44. The van der Waals surface area contributed by atoms with Crippen molar-refractivity contribution in [1.82, 2.24) is 18.9 Å². The zero-order chi connectivity index (χ0) is 19.3. The predicted octanol–water partition coefficient (Wildman–Crippen LogP) is 3.94. The van der Waals surface area contributed by atoms with E-state index in [4.69, 9.17) is 0 Å². The molecule has 27 heavy (non-hydrogen) atoms. The SMILES string of the molecule is CC(C)n1c2ccccc2c2c1cc(C(=O)N1CCCC1)n2C(=O)N(C)C. The van der Waals surface area contributed by atoms with Gasteiger partial charge in [0.25, 0.3) is 5.91 Å². The van der Waals surface area contributed by atoms with Crippen molar-refractivity contribution < 1.29 is 9.59 Å². The molecule has 1 aliphatic rings. The quantitative estimate of drug-likeness (QED) is 0.690. The molecular formula is C21H26N4O2. The van der Waals surface area contributed by atoms with E-state index >= 15 is 0 Å². The molecule has 1 aromatic carbocycles. The highest BCUT2D eigenvalue weighted by Crippen LogP contribution is 2.35. The van der Waals surface area contributed by atoms with Crippen LogP contribution in [0.4, 0.5) is 4.79 Å². The Bertz CT molecular complexity index is 1040. The molecule has 1 saturated heterocycles. The lowest BCUT2D eigenvalue weighted by molar-refractivity contribution is 0.0783. The van der Waals surface area contributed by atoms with Crippen molar-refractivity contribution in [3.8, 4) is 0 Å². The first-order valence-corrected chi connectivity index (χ1v) is 9.57. The van der Waals surface area contributed by atoms with Crippen LogP contribution in [0.15, 0.2) is 30.3 Å². The molecule has 6 nitrogen and oxygen atoms in total. The zero-order valence-electron chi connectivity index (χ0n) is 16.4. The van der Waals surface area contributed by atoms with E-state index in [-0.39, 0.29) is 18.0 Å². The summed E-state index contributed by atoms with van der Waals surface area (Å²) in [5, 5.41) is 0.997. The van der Waals surface area contributed by atoms with Crippen molar-refractivity contribution in [2.24, 2.45) is 0 Å². The first-order valence-electron chi connectivity index (χ1n) is 9.57. The van der Waals surface area contributed by atoms with Crippen molar-refractivity contribution in [2.45, 2.75) is 32.7 Å². The molecule has 0 unspecified atom stereocenters. The van der Waals surface area contributed by atoms with E-state index in [2.05, 4.69) is 24.5 Å². The van der Waals surface area contributed by atoms with Gasteiger partial charge in [-0.25, -0.2) is 4.79 Å². The van der Waals surface area contributed by atoms with Crippen LogP contribution in [0.2, 0.25) is 0 Å². The summed E-state index contributed by atoms with van der Waals surface area (Å²) < 4.78 is 3.82. The number of hydrogen-bond donors (Lipinski definition) is 0. The van der Waals surface area contributed by atoms with E-state index < -0.39 is 0 Å². The van der Waals surface area contributed by atoms with Gasteiger partial charge in [-0.05, 0) is 38.8 Å². The van der Waals surface area contributed by atoms with Gasteiger partial charge in [0, 0.05) is 38.6 Å². The number of rotatable bonds is 2. The monoisotopic (exact) mass is 366 g/mol. The minimum atomic E-state index is -0.195. The Hall–Kier alpha value is -2.76. The predicted molar refractivity (Wildman–Crippen MR) is 107 cm³/mol. The lowest BCUT2D eigenvalue weighted by Gasteiger charge is -2.19. The van der Waals surface area contributed by atoms with Gasteiger partial charge in [-0.15, -0.1) is 0 Å². The molecule has 3 aromatic rings. The van der Waals surface area contributed by atoms with Crippen molar-refractivity contribution in [3.05, 3.63) is 36.0 Å². The summed E-state index contributed by atoms with van der Waals surface area (Å²) in [5.41, 5.74) is 3.29. The fourth-order valence-corrected chi connectivity index (χ4v) is 4.15. The average molecular weight is 366 g/mol. The lowest BCUT2D eigenvalue weighted by atomic mass is 10.2. The van der Waals surface area contributed by atoms with Crippen LogP contribution >= 0.6 is 0 Å². The molecule has 2 amide bonds. The summed E-state index contributed by atoms with van der Waals surface area (Å²) in [6, 6.07) is 10.0. The fourth-order valence-electron chi connectivity index (χ4n) is 4.15. The van der Waals surface area contributed by atoms with E-state index in [0.717, 1.165) is 47.9 Å². The molecule has 0 saturated carbocycles. The number of hydrogen-bond acceptors (Lipinski definition) is 2.